The van der Waals surface area contributed by atoms with Crippen molar-refractivity contribution in [1.29, 1.82) is 0 Å². The molecule has 0 aromatic heterocycles. The number of nitrogens with one attached hydrogen (secondary N) is 1. The number of carbonyl (C=O) groups is 2. The number of carbonyl (C=O) groups excluding carboxylic acids is 2. The summed E-state index contributed by atoms with van der Waals surface area (Å²) in [5, 5.41) is 3.48. The van der Waals surface area contributed by atoms with Crippen molar-refractivity contribution >= 4 is 56.4 Å². The van der Waals surface area contributed by atoms with E-state index in [1.54, 1.807) is 35.2 Å². The van der Waals surface area contributed by atoms with Crippen LogP contribution < -0.4 is 14.8 Å². The van der Waals surface area contributed by atoms with Gasteiger partial charge in [0.05, 0.1) is 12.0 Å². The molecule has 0 unspecified atom stereocenters. The van der Waals surface area contributed by atoms with Gasteiger partial charge in [0, 0.05) is 23.2 Å². The number of amides is 2. The highest BCUT2D eigenvalue weighted by molar-refractivity contribution is 9.10. The first-order valence-electron chi connectivity index (χ1n) is 10.1. The molecule has 0 spiro atoms. The molecule has 0 atom stereocenters. The summed E-state index contributed by atoms with van der Waals surface area (Å²) in [7, 11) is 1.53. The zero-order chi connectivity index (χ0) is 23.1. The monoisotopic (exact) mass is 517 g/mol. The Hall–Kier alpha value is -2.78. The first-order chi connectivity index (χ1) is 15.5. The summed E-state index contributed by atoms with van der Waals surface area (Å²) < 4.78 is 11.8. The van der Waals surface area contributed by atoms with Crippen LogP contribution in [0.3, 0.4) is 0 Å². The lowest BCUT2D eigenvalue weighted by molar-refractivity contribution is -0.122. The summed E-state index contributed by atoms with van der Waals surface area (Å²) in [5.41, 5.74) is 1.45. The molecule has 168 valence electrons. The van der Waals surface area contributed by atoms with E-state index >= 15 is 0 Å². The minimum Gasteiger partial charge on any atom is -0.493 e. The highest BCUT2D eigenvalue weighted by Gasteiger charge is 2.32. The predicted octanol–water partition coefficient (Wildman–Crippen LogP) is 4.79. The van der Waals surface area contributed by atoms with Crippen molar-refractivity contribution in [3.8, 4) is 11.5 Å². The van der Waals surface area contributed by atoms with E-state index < -0.39 is 0 Å². The van der Waals surface area contributed by atoms with Crippen molar-refractivity contribution in [2.45, 2.75) is 13.8 Å². The number of hydrogen-bond donors (Lipinski definition) is 1. The number of thioether (sulfide) groups is 1. The van der Waals surface area contributed by atoms with Crippen LogP contribution in [0.5, 0.6) is 11.5 Å². The van der Waals surface area contributed by atoms with E-state index in [1.165, 1.54) is 18.9 Å². The average molecular weight is 518 g/mol. The standard InChI is InChI=1S/C23H24BrN3O4S/c1-4-25-23-27(5-2)22(29)20(32-23)12-15-11-18(30-3)19(13-17(15)24)31-14-21(28)26-16-9-7-6-8-10-16/h6-13H,4-5,14H2,1-3H3,(H,26,28)/b20-12+,25-23?. The first kappa shape index (κ1) is 23.9. The SMILES string of the molecule is CCN=C1S/C(=C/c2cc(OC)c(OCC(=O)Nc3ccccc3)cc2Br)C(=O)N1CC. The molecule has 32 heavy (non-hydrogen) atoms. The van der Waals surface area contributed by atoms with Gasteiger partial charge in [-0.15, -0.1) is 0 Å². The van der Waals surface area contributed by atoms with Gasteiger partial charge in [0.25, 0.3) is 11.8 Å². The van der Waals surface area contributed by atoms with E-state index in [2.05, 4.69) is 26.2 Å². The second-order valence-corrected chi connectivity index (χ2v) is 8.51. The summed E-state index contributed by atoms with van der Waals surface area (Å²) in [5.74, 6) is 0.515. The topological polar surface area (TPSA) is 80.2 Å². The van der Waals surface area contributed by atoms with Gasteiger partial charge in [-0.05, 0) is 61.5 Å². The number of ether oxygens (including phenoxy) is 2. The third-order valence-electron chi connectivity index (χ3n) is 4.48. The van der Waals surface area contributed by atoms with Crippen LogP contribution >= 0.6 is 27.7 Å². The third kappa shape index (κ3) is 5.72. The van der Waals surface area contributed by atoms with Crippen molar-refractivity contribution in [2.24, 2.45) is 4.99 Å². The molecule has 3 rings (SSSR count). The fourth-order valence-electron chi connectivity index (χ4n) is 2.98. The van der Waals surface area contributed by atoms with Crippen LogP contribution in [0.1, 0.15) is 19.4 Å². The molecule has 1 saturated heterocycles. The average Bonchev–Trinajstić information content (AvgIpc) is 3.08. The van der Waals surface area contributed by atoms with Crippen LogP contribution in [0.15, 0.2) is 56.8 Å². The maximum Gasteiger partial charge on any atom is 0.266 e. The number of methoxy groups -OCH3 is 1. The van der Waals surface area contributed by atoms with Crippen LogP contribution in [0.2, 0.25) is 0 Å². The molecule has 0 saturated carbocycles. The van der Waals surface area contributed by atoms with Gasteiger partial charge < -0.3 is 14.8 Å². The highest BCUT2D eigenvalue weighted by atomic mass is 79.9. The molecule has 0 aliphatic carbocycles. The fraction of sp³-hybridized carbons (Fsp3) is 0.261. The Morgan fingerprint density at radius 2 is 1.97 bits per heavy atom. The lowest BCUT2D eigenvalue weighted by atomic mass is 10.2. The van der Waals surface area contributed by atoms with Crippen molar-refractivity contribution in [3.63, 3.8) is 0 Å². The van der Waals surface area contributed by atoms with E-state index in [1.807, 2.05) is 32.0 Å². The maximum atomic E-state index is 12.7. The van der Waals surface area contributed by atoms with Crippen molar-refractivity contribution in [1.82, 2.24) is 4.90 Å². The number of halogens is 1. The summed E-state index contributed by atoms with van der Waals surface area (Å²) in [6.07, 6.45) is 1.80. The molecule has 2 aromatic rings. The Morgan fingerprint density at radius 3 is 2.62 bits per heavy atom. The number of benzene rings is 2. The summed E-state index contributed by atoms with van der Waals surface area (Å²) >= 11 is 4.89. The van der Waals surface area contributed by atoms with Crippen LogP contribution in [0.4, 0.5) is 5.69 Å². The Bertz CT molecular complexity index is 1060. The smallest absolute Gasteiger partial charge is 0.266 e. The number of aliphatic imine (C=N–C) groups is 1. The zero-order valence-corrected chi connectivity index (χ0v) is 20.5. The normalized spacial score (nSPS) is 16.0. The Labute approximate surface area is 200 Å². The van der Waals surface area contributed by atoms with Gasteiger partial charge in [0.15, 0.2) is 23.3 Å². The van der Waals surface area contributed by atoms with Crippen LogP contribution in [-0.4, -0.2) is 48.7 Å². The summed E-state index contributed by atoms with van der Waals surface area (Å²) in [4.78, 5) is 31.6. The minimum absolute atomic E-state index is 0.0755. The van der Waals surface area contributed by atoms with E-state index in [4.69, 9.17) is 9.47 Å². The zero-order valence-electron chi connectivity index (χ0n) is 18.1. The van der Waals surface area contributed by atoms with Gasteiger partial charge in [-0.25, -0.2) is 0 Å². The Balaban J connectivity index is 1.76. The lowest BCUT2D eigenvalue weighted by Gasteiger charge is -2.13. The summed E-state index contributed by atoms with van der Waals surface area (Å²) in [6.45, 7) is 4.86. The predicted molar refractivity (Wildman–Crippen MR) is 132 cm³/mol. The molecular weight excluding hydrogens is 494 g/mol. The molecule has 1 aliphatic heterocycles. The van der Waals surface area contributed by atoms with Crippen LogP contribution in [0, 0.1) is 0 Å². The molecular formula is C23H24BrN3O4S. The van der Waals surface area contributed by atoms with E-state index in [0.29, 0.717) is 44.8 Å². The number of rotatable bonds is 8. The molecule has 0 radical (unpaired) electrons. The van der Waals surface area contributed by atoms with E-state index in [-0.39, 0.29) is 18.4 Å². The van der Waals surface area contributed by atoms with Gasteiger partial charge in [0.2, 0.25) is 0 Å². The number of hydrogen-bond acceptors (Lipinski definition) is 6. The first-order valence-corrected chi connectivity index (χ1v) is 11.7. The molecule has 1 fully saturated rings. The van der Waals surface area contributed by atoms with E-state index in [0.717, 1.165) is 5.56 Å². The molecule has 2 amide bonds. The van der Waals surface area contributed by atoms with Gasteiger partial charge in [-0.2, -0.15) is 0 Å². The molecule has 2 aromatic carbocycles. The van der Waals surface area contributed by atoms with Gasteiger partial charge in [-0.1, -0.05) is 34.1 Å². The molecule has 1 heterocycles. The summed E-state index contributed by atoms with van der Waals surface area (Å²) in [6, 6.07) is 12.7. The van der Waals surface area contributed by atoms with Crippen LogP contribution in [0.25, 0.3) is 6.08 Å². The molecule has 0 bridgehead atoms. The van der Waals surface area contributed by atoms with Gasteiger partial charge >= 0.3 is 0 Å². The number of nitrogens with zero attached hydrogens (tertiary/aromatic N) is 2. The molecule has 7 nitrogen and oxygen atoms in total. The number of likely N-dealkylation sites (N-methyl/N-ethyl adjacent to an activating group) is 1. The molecule has 9 heteroatoms. The molecule has 1 aliphatic rings. The second-order valence-electron chi connectivity index (χ2n) is 6.64. The van der Waals surface area contributed by atoms with Gasteiger partial charge in [-0.3, -0.25) is 19.5 Å². The van der Waals surface area contributed by atoms with Gasteiger partial charge in [0.1, 0.15) is 0 Å². The van der Waals surface area contributed by atoms with Crippen LogP contribution in [-0.2, 0) is 9.59 Å². The lowest BCUT2D eigenvalue weighted by Crippen LogP contribution is -2.28. The Kier molecular flexibility index (Phi) is 8.35. The van der Waals surface area contributed by atoms with Crippen molar-refractivity contribution < 1.29 is 19.1 Å². The fourth-order valence-corrected chi connectivity index (χ4v) is 4.51. The minimum atomic E-state index is -0.282. The quantitative estimate of drug-likeness (QED) is 0.509. The van der Waals surface area contributed by atoms with E-state index in [9.17, 15) is 9.59 Å². The largest absolute Gasteiger partial charge is 0.493 e. The Morgan fingerprint density at radius 1 is 1.22 bits per heavy atom. The molecule has 1 N–H and O–H groups in total. The number of amidine groups is 1. The third-order valence-corrected chi connectivity index (χ3v) is 6.21. The van der Waals surface area contributed by atoms with Crippen molar-refractivity contribution in [2.75, 3.05) is 32.1 Å². The number of anilines is 1. The second kappa shape index (κ2) is 11.2. The maximum absolute atomic E-state index is 12.7. The number of para-hydroxylation sites is 1. The van der Waals surface area contributed by atoms with Crippen molar-refractivity contribution in [3.05, 3.63) is 57.4 Å². The highest BCUT2D eigenvalue weighted by Crippen LogP contribution is 2.38.